The number of rotatable bonds is 1. The minimum Gasteiger partial charge on any atom is -0.361 e. The molecule has 1 fully saturated rings. The summed E-state index contributed by atoms with van der Waals surface area (Å²) in [6.07, 6.45) is 6.14. The van der Waals surface area contributed by atoms with Gasteiger partial charge in [0.05, 0.1) is 0 Å². The number of carbonyl (C=O) groups excluding carboxylic acids is 2. The van der Waals surface area contributed by atoms with E-state index in [-0.39, 0.29) is 0 Å². The van der Waals surface area contributed by atoms with Crippen molar-refractivity contribution in [2.75, 3.05) is 0 Å². The lowest BCUT2D eigenvalue weighted by molar-refractivity contribution is -0.137. The van der Waals surface area contributed by atoms with Gasteiger partial charge in [0.15, 0.2) is 0 Å². The summed E-state index contributed by atoms with van der Waals surface area (Å²) >= 11 is 0. The summed E-state index contributed by atoms with van der Waals surface area (Å²) in [5, 5.41) is 3.87. The van der Waals surface area contributed by atoms with Crippen LogP contribution in [0, 0.1) is 11.8 Å². The van der Waals surface area contributed by atoms with Crippen LogP contribution in [0.1, 0.15) is 12.8 Å². The van der Waals surface area contributed by atoms with Gasteiger partial charge in [-0.25, -0.2) is 5.43 Å². The van der Waals surface area contributed by atoms with Gasteiger partial charge in [0, 0.05) is 11.6 Å². The van der Waals surface area contributed by atoms with Crippen molar-refractivity contribution in [1.29, 1.82) is 0 Å². The van der Waals surface area contributed by atoms with Crippen molar-refractivity contribution in [2.45, 2.75) is 12.8 Å². The van der Waals surface area contributed by atoms with E-state index in [0.717, 1.165) is 18.6 Å². The molecule has 1 saturated carbocycles. The largest absolute Gasteiger partial charge is 0.361 e. The number of hydrogen-bond acceptors (Lipinski definition) is 3. The van der Waals surface area contributed by atoms with Crippen LogP contribution >= 0.6 is 0 Å². The molecule has 3 N–H and O–H groups in total. The summed E-state index contributed by atoms with van der Waals surface area (Å²) in [6.45, 7) is 0. The monoisotopic (exact) mass is 193 g/mol. The molecule has 5 nitrogen and oxygen atoms in total. The number of amides is 2. The van der Waals surface area contributed by atoms with Gasteiger partial charge in [0.2, 0.25) is 0 Å². The van der Waals surface area contributed by atoms with Gasteiger partial charge in [-0.3, -0.25) is 9.59 Å². The fourth-order valence-electron chi connectivity index (χ4n) is 1.84. The highest BCUT2D eigenvalue weighted by molar-refractivity contribution is 6.34. The third-order valence-corrected chi connectivity index (χ3v) is 2.69. The van der Waals surface area contributed by atoms with Gasteiger partial charge in [-0.2, -0.15) is 5.10 Å². The second-order valence-corrected chi connectivity index (χ2v) is 3.55. The number of fused-ring (bicyclic) bond motifs is 1. The maximum absolute atomic E-state index is 10.8. The molecule has 5 heteroatoms. The van der Waals surface area contributed by atoms with Crippen LogP contribution in [0.2, 0.25) is 0 Å². The second-order valence-electron chi connectivity index (χ2n) is 3.55. The molecule has 2 aliphatic rings. The molecular weight excluding hydrogens is 182 g/mol. The minimum atomic E-state index is -1.00. The van der Waals surface area contributed by atoms with Crippen molar-refractivity contribution < 1.29 is 9.59 Å². The van der Waals surface area contributed by atoms with E-state index in [9.17, 15) is 9.59 Å². The van der Waals surface area contributed by atoms with Gasteiger partial charge in [-0.15, -0.1) is 0 Å². The van der Waals surface area contributed by atoms with Crippen LogP contribution in [0.25, 0.3) is 0 Å². The Bertz CT molecular complexity index is 346. The SMILES string of the molecule is NC(=O)C(=O)NN=C1CC2C=CCC12. The van der Waals surface area contributed by atoms with E-state index in [0.29, 0.717) is 11.8 Å². The lowest BCUT2D eigenvalue weighted by atomic mass is 9.74. The molecule has 0 aromatic heterocycles. The summed E-state index contributed by atoms with van der Waals surface area (Å²) < 4.78 is 0. The summed E-state index contributed by atoms with van der Waals surface area (Å²) in [5.41, 5.74) is 7.85. The molecule has 0 aliphatic heterocycles. The van der Waals surface area contributed by atoms with E-state index in [2.05, 4.69) is 22.7 Å². The average molecular weight is 193 g/mol. The van der Waals surface area contributed by atoms with E-state index in [1.165, 1.54) is 0 Å². The van der Waals surface area contributed by atoms with Crippen molar-refractivity contribution >= 4 is 17.5 Å². The minimum absolute atomic E-state index is 0.433. The molecule has 14 heavy (non-hydrogen) atoms. The van der Waals surface area contributed by atoms with Crippen molar-refractivity contribution in [3.8, 4) is 0 Å². The number of hydrazone groups is 1. The molecular formula is C9H11N3O2. The number of nitrogens with one attached hydrogen (secondary N) is 1. The second kappa shape index (κ2) is 3.25. The van der Waals surface area contributed by atoms with Crippen LogP contribution in [-0.2, 0) is 9.59 Å². The van der Waals surface area contributed by atoms with Crippen LogP contribution in [0.3, 0.4) is 0 Å². The number of carbonyl (C=O) groups is 2. The number of nitrogens with zero attached hydrogens (tertiary/aromatic N) is 1. The lowest BCUT2D eigenvalue weighted by Gasteiger charge is -2.31. The Kier molecular flexibility index (Phi) is 2.07. The Morgan fingerprint density at radius 2 is 2.36 bits per heavy atom. The summed E-state index contributed by atoms with van der Waals surface area (Å²) in [4.78, 5) is 21.1. The van der Waals surface area contributed by atoms with Crippen LogP contribution in [-0.4, -0.2) is 17.5 Å². The van der Waals surface area contributed by atoms with Gasteiger partial charge >= 0.3 is 11.8 Å². The highest BCUT2D eigenvalue weighted by atomic mass is 16.2. The first-order valence-electron chi connectivity index (χ1n) is 4.51. The van der Waals surface area contributed by atoms with Crippen molar-refractivity contribution in [1.82, 2.24) is 5.43 Å². The van der Waals surface area contributed by atoms with Crippen molar-refractivity contribution in [3.05, 3.63) is 12.2 Å². The maximum Gasteiger partial charge on any atom is 0.329 e. The van der Waals surface area contributed by atoms with E-state index in [1.807, 2.05) is 0 Å². The number of nitrogens with two attached hydrogens (primary N) is 1. The molecule has 2 unspecified atom stereocenters. The van der Waals surface area contributed by atoms with Crippen molar-refractivity contribution in [3.63, 3.8) is 0 Å². The van der Waals surface area contributed by atoms with E-state index < -0.39 is 11.8 Å². The molecule has 2 aliphatic carbocycles. The van der Waals surface area contributed by atoms with Gasteiger partial charge in [-0.1, -0.05) is 12.2 Å². The smallest absolute Gasteiger partial charge is 0.329 e. The highest BCUT2D eigenvalue weighted by Crippen LogP contribution is 2.39. The van der Waals surface area contributed by atoms with E-state index in [1.54, 1.807) is 0 Å². The highest BCUT2D eigenvalue weighted by Gasteiger charge is 2.38. The number of hydrogen-bond donors (Lipinski definition) is 2. The molecule has 74 valence electrons. The Morgan fingerprint density at radius 1 is 1.57 bits per heavy atom. The molecule has 0 saturated heterocycles. The van der Waals surface area contributed by atoms with Gasteiger partial charge in [-0.05, 0) is 18.8 Å². The molecule has 0 radical (unpaired) electrons. The van der Waals surface area contributed by atoms with Gasteiger partial charge < -0.3 is 5.73 Å². The van der Waals surface area contributed by atoms with E-state index in [4.69, 9.17) is 5.73 Å². The molecule has 0 bridgehead atoms. The molecule has 0 aromatic carbocycles. The van der Waals surface area contributed by atoms with Crippen LogP contribution in [0.5, 0.6) is 0 Å². The normalized spacial score (nSPS) is 31.0. The standard InChI is InChI=1S/C9H11N3O2/c10-8(13)9(14)12-11-7-4-5-2-1-3-6(5)7/h1-2,5-6H,3-4H2,(H2,10,13)(H,12,14). The zero-order valence-corrected chi connectivity index (χ0v) is 7.56. The van der Waals surface area contributed by atoms with Crippen LogP contribution in [0.15, 0.2) is 17.3 Å². The zero-order valence-electron chi connectivity index (χ0n) is 7.56. The Balaban J connectivity index is 1.89. The average Bonchev–Trinajstić information content (AvgIpc) is 2.47. The fraction of sp³-hybridized carbons (Fsp3) is 0.444. The van der Waals surface area contributed by atoms with Crippen LogP contribution in [0.4, 0.5) is 0 Å². The van der Waals surface area contributed by atoms with Crippen molar-refractivity contribution in [2.24, 2.45) is 22.7 Å². The lowest BCUT2D eigenvalue weighted by Crippen LogP contribution is -2.38. The summed E-state index contributed by atoms with van der Waals surface area (Å²) in [6, 6.07) is 0. The quantitative estimate of drug-likeness (QED) is 0.335. The maximum atomic E-state index is 10.8. The van der Waals surface area contributed by atoms with E-state index >= 15 is 0 Å². The summed E-state index contributed by atoms with van der Waals surface area (Å²) in [5.74, 6) is -0.843. The Hall–Kier alpha value is -1.65. The molecule has 2 atom stereocenters. The number of allylic oxidation sites excluding steroid dienone is 2. The third kappa shape index (κ3) is 1.41. The first-order valence-corrected chi connectivity index (χ1v) is 4.51. The topological polar surface area (TPSA) is 84.5 Å². The molecule has 0 heterocycles. The van der Waals surface area contributed by atoms with Gasteiger partial charge in [0.25, 0.3) is 0 Å². The zero-order chi connectivity index (χ0) is 10.1. The predicted molar refractivity (Wildman–Crippen MR) is 50.1 cm³/mol. The predicted octanol–water partition coefficient (Wildman–Crippen LogP) is -0.460. The fourth-order valence-corrected chi connectivity index (χ4v) is 1.84. The summed E-state index contributed by atoms with van der Waals surface area (Å²) in [7, 11) is 0. The Morgan fingerprint density at radius 3 is 3.00 bits per heavy atom. The van der Waals surface area contributed by atoms with Gasteiger partial charge in [0.1, 0.15) is 0 Å². The molecule has 2 rings (SSSR count). The molecule has 0 spiro atoms. The first-order chi connectivity index (χ1) is 6.68. The van der Waals surface area contributed by atoms with Crippen LogP contribution < -0.4 is 11.2 Å². The first kappa shape index (κ1) is 8.93. The Labute approximate surface area is 81.0 Å². The molecule has 0 aromatic rings. The molecule has 2 amide bonds. The third-order valence-electron chi connectivity index (χ3n) is 2.69. The number of primary amides is 1.